The summed E-state index contributed by atoms with van der Waals surface area (Å²) < 4.78 is 37.9. The third kappa shape index (κ3) is 3.45. The van der Waals surface area contributed by atoms with E-state index in [-0.39, 0.29) is 30.7 Å². The minimum Gasteiger partial charge on any atom is -0.338 e. The molecular formula is C14H23F3N2O. The Bertz CT molecular complexity index is 338. The van der Waals surface area contributed by atoms with Gasteiger partial charge < -0.3 is 10.6 Å². The first-order chi connectivity index (χ1) is 9.43. The summed E-state index contributed by atoms with van der Waals surface area (Å²) in [7, 11) is 0. The second-order valence-corrected chi connectivity index (χ2v) is 6.01. The summed E-state index contributed by atoms with van der Waals surface area (Å²) in [6, 6.07) is 0.0802. The quantitative estimate of drug-likeness (QED) is 0.850. The van der Waals surface area contributed by atoms with Crippen LogP contribution >= 0.6 is 0 Å². The minimum atomic E-state index is -4.11. The van der Waals surface area contributed by atoms with Gasteiger partial charge in [0.2, 0.25) is 5.91 Å². The van der Waals surface area contributed by atoms with Gasteiger partial charge in [-0.2, -0.15) is 13.2 Å². The lowest BCUT2D eigenvalue weighted by Gasteiger charge is -2.39. The van der Waals surface area contributed by atoms with Gasteiger partial charge in [-0.05, 0) is 44.9 Å². The molecule has 2 rings (SSSR count). The van der Waals surface area contributed by atoms with Crippen LogP contribution in [0.5, 0.6) is 0 Å². The van der Waals surface area contributed by atoms with E-state index < -0.39 is 12.1 Å². The molecule has 1 aliphatic heterocycles. The molecule has 1 unspecified atom stereocenters. The number of carbonyl (C=O) groups is 1. The Labute approximate surface area is 117 Å². The number of alkyl halides is 3. The van der Waals surface area contributed by atoms with E-state index in [9.17, 15) is 18.0 Å². The second kappa shape index (κ2) is 6.33. The number of rotatable bonds is 2. The Morgan fingerprint density at radius 1 is 1.10 bits per heavy atom. The number of hydrogen-bond donors (Lipinski definition) is 1. The topological polar surface area (TPSA) is 46.3 Å². The van der Waals surface area contributed by atoms with Crippen LogP contribution in [-0.2, 0) is 4.79 Å². The van der Waals surface area contributed by atoms with Gasteiger partial charge in [-0.3, -0.25) is 4.79 Å². The zero-order valence-electron chi connectivity index (χ0n) is 11.7. The number of piperidine rings is 1. The Morgan fingerprint density at radius 2 is 1.75 bits per heavy atom. The molecule has 1 atom stereocenters. The lowest BCUT2D eigenvalue weighted by atomic mass is 9.80. The zero-order chi connectivity index (χ0) is 14.8. The van der Waals surface area contributed by atoms with E-state index in [0.29, 0.717) is 25.9 Å². The van der Waals surface area contributed by atoms with Crippen LogP contribution in [-0.4, -0.2) is 36.1 Å². The first-order valence-electron chi connectivity index (χ1n) is 7.50. The molecular weight excluding hydrogens is 269 g/mol. The van der Waals surface area contributed by atoms with Gasteiger partial charge in [0.05, 0.1) is 5.92 Å². The van der Waals surface area contributed by atoms with E-state index in [0.717, 1.165) is 19.3 Å². The van der Waals surface area contributed by atoms with Gasteiger partial charge >= 0.3 is 6.18 Å². The van der Waals surface area contributed by atoms with Gasteiger partial charge in [0.1, 0.15) is 0 Å². The van der Waals surface area contributed by atoms with E-state index in [4.69, 9.17) is 5.73 Å². The van der Waals surface area contributed by atoms with Crippen molar-refractivity contribution in [2.24, 2.45) is 17.6 Å². The highest BCUT2D eigenvalue weighted by molar-refractivity contribution is 5.79. The van der Waals surface area contributed by atoms with Gasteiger partial charge in [0.25, 0.3) is 0 Å². The first-order valence-corrected chi connectivity index (χ1v) is 7.50. The Hall–Kier alpha value is -0.780. The molecule has 116 valence electrons. The van der Waals surface area contributed by atoms with Gasteiger partial charge in [0.15, 0.2) is 0 Å². The summed E-state index contributed by atoms with van der Waals surface area (Å²) in [5, 5.41) is 0. The van der Waals surface area contributed by atoms with Crippen molar-refractivity contribution in [2.45, 2.75) is 57.2 Å². The molecule has 0 bridgehead atoms. The summed E-state index contributed by atoms with van der Waals surface area (Å²) in [5.74, 6) is -1.43. The largest absolute Gasteiger partial charge is 0.391 e. The monoisotopic (exact) mass is 292 g/mol. The van der Waals surface area contributed by atoms with Crippen LogP contribution in [0.25, 0.3) is 0 Å². The highest BCUT2D eigenvalue weighted by Crippen LogP contribution is 2.40. The molecule has 3 nitrogen and oxygen atoms in total. The fourth-order valence-electron chi connectivity index (χ4n) is 3.44. The van der Waals surface area contributed by atoms with Gasteiger partial charge in [0, 0.05) is 25.0 Å². The zero-order valence-corrected chi connectivity index (χ0v) is 11.7. The maximum absolute atomic E-state index is 12.6. The fraction of sp³-hybridized carbons (Fsp3) is 0.929. The molecule has 1 saturated carbocycles. The SMILES string of the molecule is NCC1CCCCN1C(=O)C1CCC(C(F)(F)F)CC1. The summed E-state index contributed by atoms with van der Waals surface area (Å²) in [6.07, 6.45) is -0.263. The molecule has 0 aromatic rings. The number of nitrogens with two attached hydrogens (primary N) is 1. The Morgan fingerprint density at radius 3 is 2.30 bits per heavy atom. The number of nitrogens with zero attached hydrogens (tertiary/aromatic N) is 1. The third-order valence-electron chi connectivity index (χ3n) is 4.72. The Balaban J connectivity index is 1.91. The fourth-order valence-corrected chi connectivity index (χ4v) is 3.44. The molecule has 1 heterocycles. The van der Waals surface area contributed by atoms with Gasteiger partial charge in [-0.15, -0.1) is 0 Å². The maximum atomic E-state index is 12.6. The summed E-state index contributed by atoms with van der Waals surface area (Å²) in [6.45, 7) is 1.16. The molecule has 0 aromatic heterocycles. The summed E-state index contributed by atoms with van der Waals surface area (Å²) in [4.78, 5) is 14.3. The van der Waals surface area contributed by atoms with E-state index in [1.165, 1.54) is 0 Å². The third-order valence-corrected chi connectivity index (χ3v) is 4.72. The molecule has 2 aliphatic rings. The Kier molecular flexibility index (Phi) is 4.94. The highest BCUT2D eigenvalue weighted by Gasteiger charge is 2.43. The van der Waals surface area contributed by atoms with Gasteiger partial charge in [-0.25, -0.2) is 0 Å². The number of amides is 1. The standard InChI is InChI=1S/C14H23F3N2O/c15-14(16,17)11-6-4-10(5-7-11)13(20)19-8-2-1-3-12(19)9-18/h10-12H,1-9,18H2. The molecule has 0 spiro atoms. The van der Waals surface area contributed by atoms with Crippen molar-refractivity contribution in [1.82, 2.24) is 4.90 Å². The van der Waals surface area contributed by atoms with Crippen LogP contribution in [0.2, 0.25) is 0 Å². The van der Waals surface area contributed by atoms with E-state index in [2.05, 4.69) is 0 Å². The molecule has 2 fully saturated rings. The maximum Gasteiger partial charge on any atom is 0.391 e. The van der Waals surface area contributed by atoms with Crippen LogP contribution in [0, 0.1) is 11.8 Å². The minimum absolute atomic E-state index is 0.0285. The number of halogens is 3. The average Bonchev–Trinajstić information content (AvgIpc) is 2.45. The van der Waals surface area contributed by atoms with Crippen LogP contribution in [0.1, 0.15) is 44.9 Å². The molecule has 6 heteroatoms. The number of likely N-dealkylation sites (tertiary alicyclic amines) is 1. The van der Waals surface area contributed by atoms with Crippen LogP contribution in [0.4, 0.5) is 13.2 Å². The van der Waals surface area contributed by atoms with Crippen molar-refractivity contribution < 1.29 is 18.0 Å². The lowest BCUT2D eigenvalue weighted by molar-refractivity contribution is -0.185. The molecule has 0 radical (unpaired) electrons. The summed E-state index contributed by atoms with van der Waals surface area (Å²) >= 11 is 0. The normalized spacial score (nSPS) is 32.2. The van der Waals surface area contributed by atoms with Crippen molar-refractivity contribution >= 4 is 5.91 Å². The molecule has 1 aliphatic carbocycles. The van der Waals surface area contributed by atoms with Crippen molar-refractivity contribution in [3.63, 3.8) is 0 Å². The first kappa shape index (κ1) is 15.6. The molecule has 1 amide bonds. The summed E-state index contributed by atoms with van der Waals surface area (Å²) in [5.41, 5.74) is 5.70. The van der Waals surface area contributed by atoms with E-state index in [1.807, 2.05) is 4.90 Å². The van der Waals surface area contributed by atoms with Crippen molar-refractivity contribution in [2.75, 3.05) is 13.1 Å². The second-order valence-electron chi connectivity index (χ2n) is 6.01. The predicted octanol–water partition coefficient (Wildman–Crippen LogP) is 2.69. The number of carbonyl (C=O) groups excluding carboxylic acids is 1. The van der Waals surface area contributed by atoms with Crippen LogP contribution in [0.15, 0.2) is 0 Å². The predicted molar refractivity (Wildman–Crippen MR) is 69.9 cm³/mol. The van der Waals surface area contributed by atoms with E-state index in [1.54, 1.807) is 0 Å². The molecule has 2 N–H and O–H groups in total. The van der Waals surface area contributed by atoms with Crippen molar-refractivity contribution in [3.8, 4) is 0 Å². The highest BCUT2D eigenvalue weighted by atomic mass is 19.4. The molecule has 1 saturated heterocycles. The molecule has 20 heavy (non-hydrogen) atoms. The van der Waals surface area contributed by atoms with Crippen LogP contribution < -0.4 is 5.73 Å². The smallest absolute Gasteiger partial charge is 0.338 e. The van der Waals surface area contributed by atoms with Crippen molar-refractivity contribution in [1.29, 1.82) is 0 Å². The van der Waals surface area contributed by atoms with Crippen LogP contribution in [0.3, 0.4) is 0 Å². The molecule has 0 aromatic carbocycles. The lowest BCUT2D eigenvalue weighted by Crippen LogP contribution is -2.50. The average molecular weight is 292 g/mol. The van der Waals surface area contributed by atoms with Gasteiger partial charge in [-0.1, -0.05) is 0 Å². The van der Waals surface area contributed by atoms with Crippen molar-refractivity contribution in [3.05, 3.63) is 0 Å². The van der Waals surface area contributed by atoms with E-state index >= 15 is 0 Å². The number of hydrogen-bond acceptors (Lipinski definition) is 2.